The predicted octanol–water partition coefficient (Wildman–Crippen LogP) is 2.90. The third kappa shape index (κ3) is 3.32. The molecule has 1 aromatic rings. The SMILES string of the molecule is CC.Cc1cnn(C(=O)C(C)(C)C)c1. The van der Waals surface area contributed by atoms with Gasteiger partial charge in [-0.1, -0.05) is 34.6 Å². The lowest BCUT2D eigenvalue weighted by molar-refractivity contribution is 0.0749. The monoisotopic (exact) mass is 196 g/mol. The molecule has 0 aromatic carbocycles. The van der Waals surface area contributed by atoms with Crippen molar-refractivity contribution in [2.24, 2.45) is 5.41 Å². The molecule has 0 saturated heterocycles. The average Bonchev–Trinajstić information content (AvgIpc) is 2.52. The molecule has 0 fully saturated rings. The number of carbonyl (C=O) groups is 1. The molecule has 0 saturated carbocycles. The first kappa shape index (κ1) is 12.9. The van der Waals surface area contributed by atoms with E-state index >= 15 is 0 Å². The molecule has 1 aromatic heterocycles. The van der Waals surface area contributed by atoms with Gasteiger partial charge in [-0.25, -0.2) is 4.68 Å². The van der Waals surface area contributed by atoms with E-state index < -0.39 is 0 Å². The van der Waals surface area contributed by atoms with E-state index in [0.717, 1.165) is 5.56 Å². The highest BCUT2D eigenvalue weighted by Crippen LogP contribution is 2.15. The van der Waals surface area contributed by atoms with Crippen LogP contribution in [-0.2, 0) is 0 Å². The topological polar surface area (TPSA) is 34.9 Å². The Hall–Kier alpha value is -1.12. The fraction of sp³-hybridized carbons (Fsp3) is 0.636. The van der Waals surface area contributed by atoms with E-state index in [1.807, 2.05) is 41.5 Å². The molecule has 14 heavy (non-hydrogen) atoms. The second-order valence-corrected chi connectivity index (χ2v) is 4.02. The third-order valence-corrected chi connectivity index (χ3v) is 1.56. The summed E-state index contributed by atoms with van der Waals surface area (Å²) in [7, 11) is 0. The molecular formula is C11H20N2O. The summed E-state index contributed by atoms with van der Waals surface area (Å²) in [5, 5.41) is 3.95. The number of hydrogen-bond acceptors (Lipinski definition) is 2. The molecular weight excluding hydrogens is 176 g/mol. The van der Waals surface area contributed by atoms with Crippen LogP contribution in [0.4, 0.5) is 0 Å². The number of hydrogen-bond donors (Lipinski definition) is 0. The highest BCUT2D eigenvalue weighted by Gasteiger charge is 2.23. The van der Waals surface area contributed by atoms with Crippen LogP contribution in [0.2, 0.25) is 0 Å². The highest BCUT2D eigenvalue weighted by atomic mass is 16.2. The van der Waals surface area contributed by atoms with E-state index in [4.69, 9.17) is 0 Å². The molecule has 3 nitrogen and oxygen atoms in total. The fourth-order valence-electron chi connectivity index (χ4n) is 0.868. The van der Waals surface area contributed by atoms with Crippen molar-refractivity contribution in [3.63, 3.8) is 0 Å². The van der Waals surface area contributed by atoms with Gasteiger partial charge in [0.1, 0.15) is 0 Å². The lowest BCUT2D eigenvalue weighted by Gasteiger charge is -2.15. The number of rotatable bonds is 0. The van der Waals surface area contributed by atoms with Gasteiger partial charge in [0.25, 0.3) is 5.91 Å². The van der Waals surface area contributed by atoms with Crippen molar-refractivity contribution in [1.82, 2.24) is 9.78 Å². The molecule has 0 aliphatic heterocycles. The lowest BCUT2D eigenvalue weighted by Crippen LogP contribution is -2.26. The summed E-state index contributed by atoms with van der Waals surface area (Å²) < 4.78 is 1.40. The second kappa shape index (κ2) is 4.94. The summed E-state index contributed by atoms with van der Waals surface area (Å²) in [6.07, 6.45) is 3.43. The van der Waals surface area contributed by atoms with Crippen LogP contribution < -0.4 is 0 Å². The number of aromatic nitrogens is 2. The Morgan fingerprint density at radius 1 is 1.36 bits per heavy atom. The van der Waals surface area contributed by atoms with Crippen molar-refractivity contribution in [3.05, 3.63) is 18.0 Å². The summed E-state index contributed by atoms with van der Waals surface area (Å²) >= 11 is 0. The Labute approximate surface area is 86.1 Å². The minimum absolute atomic E-state index is 0.0237. The van der Waals surface area contributed by atoms with Gasteiger partial charge < -0.3 is 0 Å². The molecule has 1 heterocycles. The molecule has 3 heteroatoms. The van der Waals surface area contributed by atoms with Crippen LogP contribution in [0.1, 0.15) is 45.0 Å². The first-order valence-electron chi connectivity index (χ1n) is 4.97. The fourth-order valence-corrected chi connectivity index (χ4v) is 0.868. The van der Waals surface area contributed by atoms with Gasteiger partial charge in [-0.05, 0) is 12.5 Å². The third-order valence-electron chi connectivity index (χ3n) is 1.56. The predicted molar refractivity (Wildman–Crippen MR) is 58.4 cm³/mol. The molecule has 1 rings (SSSR count). The van der Waals surface area contributed by atoms with Crippen molar-refractivity contribution < 1.29 is 4.79 Å². The Balaban J connectivity index is 0.000000791. The second-order valence-electron chi connectivity index (χ2n) is 4.02. The van der Waals surface area contributed by atoms with E-state index in [1.54, 1.807) is 12.4 Å². The van der Waals surface area contributed by atoms with E-state index in [1.165, 1.54) is 4.68 Å². The Kier molecular flexibility index (Phi) is 4.54. The van der Waals surface area contributed by atoms with Crippen LogP contribution in [0.5, 0.6) is 0 Å². The first-order chi connectivity index (χ1) is 6.41. The zero-order valence-electron chi connectivity index (χ0n) is 9.96. The van der Waals surface area contributed by atoms with Crippen molar-refractivity contribution in [2.45, 2.75) is 41.5 Å². The molecule has 0 aliphatic rings. The zero-order valence-corrected chi connectivity index (χ0v) is 9.96. The summed E-state index contributed by atoms with van der Waals surface area (Å²) in [4.78, 5) is 11.6. The maximum atomic E-state index is 11.6. The summed E-state index contributed by atoms with van der Waals surface area (Å²) in [6.45, 7) is 11.6. The maximum absolute atomic E-state index is 11.6. The van der Waals surface area contributed by atoms with Crippen LogP contribution in [0.3, 0.4) is 0 Å². The smallest absolute Gasteiger partial charge is 0.252 e. The molecule has 0 spiro atoms. The Bertz CT molecular complexity index is 294. The molecule has 0 bridgehead atoms. The Morgan fingerprint density at radius 2 is 1.86 bits per heavy atom. The van der Waals surface area contributed by atoms with E-state index in [9.17, 15) is 4.79 Å². The van der Waals surface area contributed by atoms with Crippen LogP contribution in [0.15, 0.2) is 12.4 Å². The summed E-state index contributed by atoms with van der Waals surface area (Å²) in [6, 6.07) is 0. The Morgan fingerprint density at radius 3 is 2.14 bits per heavy atom. The first-order valence-corrected chi connectivity index (χ1v) is 4.97. The molecule has 80 valence electrons. The van der Waals surface area contributed by atoms with Gasteiger partial charge in [0, 0.05) is 11.6 Å². The number of aryl methyl sites for hydroxylation is 1. The molecule has 0 aliphatic carbocycles. The van der Waals surface area contributed by atoms with Gasteiger partial charge in [0.05, 0.1) is 6.20 Å². The molecule has 0 amide bonds. The van der Waals surface area contributed by atoms with E-state index in [-0.39, 0.29) is 11.3 Å². The number of nitrogens with zero attached hydrogens (tertiary/aromatic N) is 2. The normalized spacial score (nSPS) is 10.4. The van der Waals surface area contributed by atoms with E-state index in [2.05, 4.69) is 5.10 Å². The standard InChI is InChI=1S/C9H14N2O.C2H6/c1-7-5-10-11(6-7)8(12)9(2,3)4;1-2/h5-6H,1-4H3;1-2H3. The van der Waals surface area contributed by atoms with Crippen molar-refractivity contribution >= 4 is 5.91 Å². The molecule has 0 N–H and O–H groups in total. The van der Waals surface area contributed by atoms with Crippen molar-refractivity contribution in [2.75, 3.05) is 0 Å². The molecule has 0 atom stereocenters. The summed E-state index contributed by atoms with van der Waals surface area (Å²) in [5.74, 6) is 0.0237. The minimum Gasteiger partial charge on any atom is -0.272 e. The van der Waals surface area contributed by atoms with E-state index in [0.29, 0.717) is 0 Å². The van der Waals surface area contributed by atoms with Crippen LogP contribution in [-0.4, -0.2) is 15.7 Å². The van der Waals surface area contributed by atoms with Gasteiger partial charge in [-0.2, -0.15) is 5.10 Å². The van der Waals surface area contributed by atoms with Crippen molar-refractivity contribution in [1.29, 1.82) is 0 Å². The highest BCUT2D eigenvalue weighted by molar-refractivity contribution is 5.83. The van der Waals surface area contributed by atoms with Gasteiger partial charge in [-0.3, -0.25) is 4.79 Å². The van der Waals surface area contributed by atoms with Crippen LogP contribution in [0, 0.1) is 12.3 Å². The molecule has 0 radical (unpaired) electrons. The van der Waals surface area contributed by atoms with Gasteiger partial charge in [-0.15, -0.1) is 0 Å². The quantitative estimate of drug-likeness (QED) is 0.639. The van der Waals surface area contributed by atoms with Crippen LogP contribution in [0.25, 0.3) is 0 Å². The largest absolute Gasteiger partial charge is 0.272 e. The lowest BCUT2D eigenvalue weighted by atomic mass is 9.96. The van der Waals surface area contributed by atoms with Gasteiger partial charge >= 0.3 is 0 Å². The maximum Gasteiger partial charge on any atom is 0.252 e. The zero-order chi connectivity index (χ0) is 11.4. The number of carbonyl (C=O) groups excluding carboxylic acids is 1. The summed E-state index contributed by atoms with van der Waals surface area (Å²) in [5.41, 5.74) is 0.644. The minimum atomic E-state index is -0.363. The molecule has 0 unspecified atom stereocenters. The van der Waals surface area contributed by atoms with Gasteiger partial charge in [0.15, 0.2) is 0 Å². The average molecular weight is 196 g/mol. The van der Waals surface area contributed by atoms with Crippen LogP contribution >= 0.6 is 0 Å². The van der Waals surface area contributed by atoms with Crippen molar-refractivity contribution in [3.8, 4) is 0 Å². The van der Waals surface area contributed by atoms with Gasteiger partial charge in [0.2, 0.25) is 0 Å².